The molecule has 0 aliphatic heterocycles. The molecule has 0 atom stereocenters. The van der Waals surface area contributed by atoms with E-state index in [4.69, 9.17) is 9.15 Å². The van der Waals surface area contributed by atoms with E-state index in [1.165, 1.54) is 0 Å². The molecule has 1 heterocycles. The summed E-state index contributed by atoms with van der Waals surface area (Å²) in [6.07, 6.45) is 1.57. The highest BCUT2D eigenvalue weighted by Gasteiger charge is 2.13. The molecule has 0 amide bonds. The first-order valence-electron chi connectivity index (χ1n) is 6.73. The first kappa shape index (κ1) is 15.5. The molecule has 3 nitrogen and oxygen atoms in total. The van der Waals surface area contributed by atoms with Crippen LogP contribution in [0.4, 0.5) is 8.78 Å². The molecule has 1 aromatic heterocycles. The van der Waals surface area contributed by atoms with Crippen molar-refractivity contribution in [2.45, 2.75) is 39.5 Å². The minimum atomic E-state index is -0.660. The van der Waals surface area contributed by atoms with Gasteiger partial charge in [0, 0.05) is 29.3 Å². The fourth-order valence-electron chi connectivity index (χ4n) is 1.77. The quantitative estimate of drug-likeness (QED) is 0.904. The van der Waals surface area contributed by atoms with Crippen LogP contribution in [-0.2, 0) is 13.2 Å². The topological polar surface area (TPSA) is 34.4 Å². The summed E-state index contributed by atoms with van der Waals surface area (Å²) in [6, 6.07) is 4.89. The summed E-state index contributed by atoms with van der Waals surface area (Å²) in [5.41, 5.74) is 0.813. The average molecular weight is 295 g/mol. The minimum Gasteiger partial charge on any atom is -0.489 e. The number of hydrogen-bond donors (Lipinski definition) is 1. The molecule has 0 saturated carbocycles. The molecule has 0 fully saturated rings. The Labute approximate surface area is 122 Å². The van der Waals surface area contributed by atoms with E-state index in [2.05, 4.69) is 26.1 Å². The second-order valence-corrected chi connectivity index (χ2v) is 5.87. The molecule has 0 saturated heterocycles. The van der Waals surface area contributed by atoms with Gasteiger partial charge in [0.25, 0.3) is 0 Å². The van der Waals surface area contributed by atoms with Crippen molar-refractivity contribution in [3.05, 3.63) is 53.5 Å². The average Bonchev–Trinajstić information content (AvgIpc) is 2.79. The van der Waals surface area contributed by atoms with Gasteiger partial charge in [0.2, 0.25) is 0 Å². The van der Waals surface area contributed by atoms with Crippen LogP contribution in [0.2, 0.25) is 0 Å². The Hall–Kier alpha value is -1.88. The normalized spacial score (nSPS) is 11.7. The SMILES string of the molecule is CC(C)(C)NCc1occc1COc1cc(F)cc(F)c1. The number of rotatable bonds is 5. The Balaban J connectivity index is 1.99. The van der Waals surface area contributed by atoms with Gasteiger partial charge in [-0.25, -0.2) is 8.78 Å². The van der Waals surface area contributed by atoms with E-state index in [0.29, 0.717) is 6.54 Å². The summed E-state index contributed by atoms with van der Waals surface area (Å²) in [6.45, 7) is 6.93. The lowest BCUT2D eigenvalue weighted by Crippen LogP contribution is -2.35. The molecule has 0 aliphatic rings. The lowest BCUT2D eigenvalue weighted by Gasteiger charge is -2.20. The van der Waals surface area contributed by atoms with Gasteiger partial charge in [-0.15, -0.1) is 0 Å². The Kier molecular flexibility index (Phi) is 4.63. The summed E-state index contributed by atoms with van der Waals surface area (Å²) in [7, 11) is 0. The van der Waals surface area contributed by atoms with Crippen LogP contribution in [0.25, 0.3) is 0 Å². The van der Waals surface area contributed by atoms with Gasteiger partial charge in [-0.3, -0.25) is 0 Å². The maximum atomic E-state index is 13.1. The second kappa shape index (κ2) is 6.26. The van der Waals surface area contributed by atoms with E-state index in [1.54, 1.807) is 12.3 Å². The monoisotopic (exact) mass is 295 g/mol. The van der Waals surface area contributed by atoms with Crippen LogP contribution in [0.15, 0.2) is 34.9 Å². The Morgan fingerprint density at radius 2 is 1.81 bits per heavy atom. The molecule has 0 unspecified atom stereocenters. The molecular formula is C16H19F2NO2. The number of benzene rings is 1. The van der Waals surface area contributed by atoms with Crippen LogP contribution in [-0.4, -0.2) is 5.54 Å². The first-order valence-corrected chi connectivity index (χ1v) is 6.73. The van der Waals surface area contributed by atoms with Gasteiger partial charge < -0.3 is 14.5 Å². The van der Waals surface area contributed by atoms with Crippen molar-refractivity contribution in [1.29, 1.82) is 0 Å². The third-order valence-corrected chi connectivity index (χ3v) is 2.85. The van der Waals surface area contributed by atoms with E-state index < -0.39 is 11.6 Å². The fourth-order valence-corrected chi connectivity index (χ4v) is 1.77. The van der Waals surface area contributed by atoms with Crippen LogP contribution >= 0.6 is 0 Å². The summed E-state index contributed by atoms with van der Waals surface area (Å²) in [4.78, 5) is 0. The van der Waals surface area contributed by atoms with E-state index in [1.807, 2.05) is 0 Å². The summed E-state index contributed by atoms with van der Waals surface area (Å²) in [5, 5.41) is 3.31. The van der Waals surface area contributed by atoms with Crippen molar-refractivity contribution in [3.8, 4) is 5.75 Å². The highest BCUT2D eigenvalue weighted by Crippen LogP contribution is 2.19. The Morgan fingerprint density at radius 1 is 1.14 bits per heavy atom. The zero-order chi connectivity index (χ0) is 15.5. The lowest BCUT2D eigenvalue weighted by atomic mass is 10.1. The molecule has 1 N–H and O–H groups in total. The number of furan rings is 1. The van der Waals surface area contributed by atoms with Gasteiger partial charge in [0.05, 0.1) is 12.8 Å². The maximum Gasteiger partial charge on any atom is 0.129 e. The Bertz CT molecular complexity index is 582. The molecule has 2 rings (SSSR count). The summed E-state index contributed by atoms with van der Waals surface area (Å²) in [5.74, 6) is -0.413. The van der Waals surface area contributed by atoms with Crippen molar-refractivity contribution in [1.82, 2.24) is 5.32 Å². The molecule has 0 bridgehead atoms. The smallest absolute Gasteiger partial charge is 0.129 e. The predicted molar refractivity (Wildman–Crippen MR) is 76.0 cm³/mol. The van der Waals surface area contributed by atoms with Crippen LogP contribution in [0.3, 0.4) is 0 Å². The maximum absolute atomic E-state index is 13.1. The lowest BCUT2D eigenvalue weighted by molar-refractivity contribution is 0.296. The number of halogens is 2. The molecule has 21 heavy (non-hydrogen) atoms. The zero-order valence-corrected chi connectivity index (χ0v) is 12.4. The first-order chi connectivity index (χ1) is 9.83. The molecule has 0 radical (unpaired) electrons. The van der Waals surface area contributed by atoms with E-state index in [0.717, 1.165) is 29.5 Å². The molecule has 5 heteroatoms. The van der Waals surface area contributed by atoms with Crippen LogP contribution in [0, 0.1) is 11.6 Å². The number of ether oxygens (including phenoxy) is 1. The fraction of sp³-hybridized carbons (Fsp3) is 0.375. The zero-order valence-electron chi connectivity index (χ0n) is 12.4. The van der Waals surface area contributed by atoms with Crippen LogP contribution in [0.1, 0.15) is 32.1 Å². The van der Waals surface area contributed by atoms with Crippen molar-refractivity contribution >= 4 is 0 Å². The molecule has 0 spiro atoms. The van der Waals surface area contributed by atoms with E-state index >= 15 is 0 Å². The van der Waals surface area contributed by atoms with Crippen LogP contribution in [0.5, 0.6) is 5.75 Å². The van der Waals surface area contributed by atoms with Gasteiger partial charge in [-0.1, -0.05) is 0 Å². The van der Waals surface area contributed by atoms with Gasteiger partial charge in [0.1, 0.15) is 29.8 Å². The summed E-state index contributed by atoms with van der Waals surface area (Å²) >= 11 is 0. The third-order valence-electron chi connectivity index (χ3n) is 2.85. The van der Waals surface area contributed by atoms with Gasteiger partial charge in [-0.2, -0.15) is 0 Å². The molecule has 114 valence electrons. The number of nitrogens with one attached hydrogen (secondary N) is 1. The largest absolute Gasteiger partial charge is 0.489 e. The van der Waals surface area contributed by atoms with Crippen molar-refractivity contribution in [3.63, 3.8) is 0 Å². The predicted octanol–water partition coefficient (Wildman–Crippen LogP) is 4.02. The molecule has 2 aromatic rings. The molecular weight excluding hydrogens is 276 g/mol. The van der Waals surface area contributed by atoms with Gasteiger partial charge >= 0.3 is 0 Å². The second-order valence-electron chi connectivity index (χ2n) is 5.87. The Morgan fingerprint density at radius 3 is 2.43 bits per heavy atom. The molecule has 0 aliphatic carbocycles. The van der Waals surface area contributed by atoms with Crippen molar-refractivity contribution in [2.75, 3.05) is 0 Å². The minimum absolute atomic E-state index is 0.0311. The van der Waals surface area contributed by atoms with Crippen LogP contribution < -0.4 is 10.1 Å². The van der Waals surface area contributed by atoms with Gasteiger partial charge in [-0.05, 0) is 26.8 Å². The van der Waals surface area contributed by atoms with E-state index in [-0.39, 0.29) is 17.9 Å². The van der Waals surface area contributed by atoms with Crippen molar-refractivity contribution < 1.29 is 17.9 Å². The summed E-state index contributed by atoms with van der Waals surface area (Å²) < 4.78 is 37.0. The highest BCUT2D eigenvalue weighted by atomic mass is 19.1. The number of hydrogen-bond acceptors (Lipinski definition) is 3. The molecule has 1 aromatic carbocycles. The standard InChI is InChI=1S/C16H19F2NO2/c1-16(2,3)19-9-15-11(4-5-20-15)10-21-14-7-12(17)6-13(18)8-14/h4-8,19H,9-10H2,1-3H3. The van der Waals surface area contributed by atoms with E-state index in [9.17, 15) is 8.78 Å². The third kappa shape index (κ3) is 4.86. The highest BCUT2D eigenvalue weighted by molar-refractivity contribution is 5.25. The van der Waals surface area contributed by atoms with Crippen molar-refractivity contribution in [2.24, 2.45) is 0 Å². The van der Waals surface area contributed by atoms with Gasteiger partial charge in [0.15, 0.2) is 0 Å².